The lowest BCUT2D eigenvalue weighted by Gasteiger charge is -2.17. The van der Waals surface area contributed by atoms with Crippen LogP contribution >= 0.6 is 0 Å². The molecule has 2 rings (SSSR count). The minimum Gasteiger partial charge on any atom is -0.508 e. The Bertz CT molecular complexity index is 721. The Morgan fingerprint density at radius 1 is 1.28 bits per heavy atom. The average molecular weight is 355 g/mol. The van der Waals surface area contributed by atoms with Gasteiger partial charge in [-0.1, -0.05) is 12.1 Å². The Morgan fingerprint density at radius 2 is 1.96 bits per heavy atom. The largest absolute Gasteiger partial charge is 0.508 e. The summed E-state index contributed by atoms with van der Waals surface area (Å²) >= 11 is 0. The summed E-state index contributed by atoms with van der Waals surface area (Å²) < 4.78 is 41.7. The number of hydrogen-bond acceptors (Lipinski definition) is 6. The number of benzene rings is 1. The first-order valence-corrected chi connectivity index (χ1v) is 7.30. The highest BCUT2D eigenvalue weighted by Gasteiger charge is 2.27. The van der Waals surface area contributed by atoms with Crippen LogP contribution in [-0.4, -0.2) is 34.3 Å². The van der Waals surface area contributed by atoms with Gasteiger partial charge in [0, 0.05) is 18.3 Å². The molecule has 1 atom stereocenters. The Hall–Kier alpha value is -2.84. The molecule has 0 fully saturated rings. The molecule has 1 aromatic carbocycles. The van der Waals surface area contributed by atoms with E-state index in [0.717, 1.165) is 0 Å². The van der Waals surface area contributed by atoms with Gasteiger partial charge in [0.1, 0.15) is 5.75 Å². The number of alkyl halides is 3. The number of phenols is 1. The van der Waals surface area contributed by atoms with Crippen molar-refractivity contribution in [3.63, 3.8) is 0 Å². The molecule has 6 nitrogen and oxygen atoms in total. The predicted molar refractivity (Wildman–Crippen MR) is 82.9 cm³/mol. The van der Waals surface area contributed by atoms with Crippen LogP contribution in [0.4, 0.5) is 19.1 Å². The molecular weight excluding hydrogens is 339 g/mol. The quantitative estimate of drug-likeness (QED) is 0.775. The lowest BCUT2D eigenvalue weighted by molar-refractivity contribution is -0.141. The number of anilines is 1. The van der Waals surface area contributed by atoms with Crippen LogP contribution < -0.4 is 5.32 Å². The fourth-order valence-corrected chi connectivity index (χ4v) is 2.07. The van der Waals surface area contributed by atoms with Crippen molar-refractivity contribution in [2.75, 3.05) is 12.4 Å². The van der Waals surface area contributed by atoms with Gasteiger partial charge < -0.3 is 15.2 Å². The zero-order valence-corrected chi connectivity index (χ0v) is 13.2. The monoisotopic (exact) mass is 355 g/mol. The summed E-state index contributed by atoms with van der Waals surface area (Å²) in [5, 5.41) is 12.1. The Morgan fingerprint density at radius 3 is 2.56 bits per heavy atom. The summed E-state index contributed by atoms with van der Waals surface area (Å²) in [6.07, 6.45) is -4.25. The maximum Gasteiger partial charge on any atom is 0.389 e. The lowest BCUT2D eigenvalue weighted by atomic mass is 10.1. The van der Waals surface area contributed by atoms with E-state index < -0.39 is 24.6 Å². The highest BCUT2D eigenvalue weighted by Crippen LogP contribution is 2.23. The van der Waals surface area contributed by atoms with Crippen molar-refractivity contribution in [3.8, 4) is 5.75 Å². The minimum atomic E-state index is -4.28. The molecule has 0 aliphatic rings. The van der Waals surface area contributed by atoms with Gasteiger partial charge in [0.2, 0.25) is 5.95 Å². The van der Waals surface area contributed by atoms with Gasteiger partial charge in [-0.05, 0) is 30.2 Å². The van der Waals surface area contributed by atoms with Crippen molar-refractivity contribution >= 4 is 11.9 Å². The molecule has 2 aromatic rings. The van der Waals surface area contributed by atoms with Crippen molar-refractivity contribution < 1.29 is 27.8 Å². The summed E-state index contributed by atoms with van der Waals surface area (Å²) in [4.78, 5) is 19.9. The lowest BCUT2D eigenvalue weighted by Crippen LogP contribution is -2.23. The molecule has 1 heterocycles. The highest BCUT2D eigenvalue weighted by atomic mass is 19.4. The fraction of sp³-hybridized carbons (Fsp3) is 0.312. The Kier molecular flexibility index (Phi) is 5.79. The second kappa shape index (κ2) is 7.82. The molecule has 0 amide bonds. The van der Waals surface area contributed by atoms with E-state index in [-0.39, 0.29) is 23.8 Å². The second-order valence-electron chi connectivity index (χ2n) is 5.18. The number of aryl methyl sites for hydroxylation is 1. The van der Waals surface area contributed by atoms with Crippen LogP contribution in [-0.2, 0) is 16.0 Å². The number of phenolic OH excluding ortho intramolecular Hbond substituents is 1. The zero-order valence-electron chi connectivity index (χ0n) is 13.2. The first-order valence-electron chi connectivity index (χ1n) is 7.30. The average Bonchev–Trinajstić information content (AvgIpc) is 2.58. The summed E-state index contributed by atoms with van der Waals surface area (Å²) in [6, 6.07) is 6.23. The van der Waals surface area contributed by atoms with Crippen LogP contribution in [0, 0.1) is 0 Å². The Balaban J connectivity index is 2.18. The summed E-state index contributed by atoms with van der Waals surface area (Å²) in [5.74, 6) is -0.601. The van der Waals surface area contributed by atoms with E-state index in [1.54, 1.807) is 0 Å². The number of nitrogens with zero attached hydrogens (tertiary/aromatic N) is 2. The number of hydrogen-bond donors (Lipinski definition) is 2. The van der Waals surface area contributed by atoms with Crippen LogP contribution in [0.1, 0.15) is 23.7 Å². The van der Waals surface area contributed by atoms with Crippen LogP contribution in [0.25, 0.3) is 0 Å². The van der Waals surface area contributed by atoms with E-state index in [0.29, 0.717) is 5.56 Å². The number of methoxy groups -OCH3 is 1. The molecular formula is C16H16F3N3O3. The van der Waals surface area contributed by atoms with E-state index in [1.165, 1.54) is 43.6 Å². The van der Waals surface area contributed by atoms with Crippen molar-refractivity contribution in [1.82, 2.24) is 9.97 Å². The van der Waals surface area contributed by atoms with E-state index in [1.807, 2.05) is 0 Å². The molecule has 9 heteroatoms. The number of carbonyl (C=O) groups is 1. The topological polar surface area (TPSA) is 84.3 Å². The molecule has 2 N–H and O–H groups in total. The van der Waals surface area contributed by atoms with Gasteiger partial charge in [-0.15, -0.1) is 0 Å². The first-order chi connectivity index (χ1) is 11.8. The summed E-state index contributed by atoms with van der Waals surface area (Å²) in [5.41, 5.74) is 0.679. The molecule has 0 aliphatic carbocycles. The molecule has 134 valence electrons. The Labute approximate surface area is 141 Å². The van der Waals surface area contributed by atoms with Crippen molar-refractivity contribution in [1.29, 1.82) is 0 Å². The van der Waals surface area contributed by atoms with Gasteiger partial charge in [0.05, 0.1) is 7.11 Å². The van der Waals surface area contributed by atoms with Gasteiger partial charge in [-0.3, -0.25) is 0 Å². The predicted octanol–water partition coefficient (Wildman–Crippen LogP) is 3.00. The molecule has 0 radical (unpaired) electrons. The van der Waals surface area contributed by atoms with Crippen LogP contribution in [0.5, 0.6) is 5.75 Å². The van der Waals surface area contributed by atoms with Crippen molar-refractivity contribution in [2.24, 2.45) is 0 Å². The van der Waals surface area contributed by atoms with Gasteiger partial charge in [0.15, 0.2) is 6.04 Å². The van der Waals surface area contributed by atoms with E-state index in [4.69, 9.17) is 4.74 Å². The molecule has 25 heavy (non-hydrogen) atoms. The molecule has 0 unspecified atom stereocenters. The smallest absolute Gasteiger partial charge is 0.389 e. The number of aromatic hydroxyl groups is 1. The second-order valence-corrected chi connectivity index (χ2v) is 5.18. The fourth-order valence-electron chi connectivity index (χ4n) is 2.07. The van der Waals surface area contributed by atoms with E-state index in [2.05, 4.69) is 15.3 Å². The van der Waals surface area contributed by atoms with Gasteiger partial charge in [-0.2, -0.15) is 13.2 Å². The first kappa shape index (κ1) is 18.5. The zero-order chi connectivity index (χ0) is 18.4. The summed E-state index contributed by atoms with van der Waals surface area (Å²) in [6.45, 7) is 0. The molecule has 0 saturated carbocycles. The maximum atomic E-state index is 12.3. The molecule has 0 spiro atoms. The van der Waals surface area contributed by atoms with Gasteiger partial charge >= 0.3 is 12.1 Å². The number of rotatable bonds is 6. The van der Waals surface area contributed by atoms with Crippen molar-refractivity contribution in [2.45, 2.75) is 25.1 Å². The highest BCUT2D eigenvalue weighted by molar-refractivity contribution is 5.80. The number of ether oxygens (including phenoxy) is 1. The standard InChI is InChI=1S/C16H16F3N3O3/c1-25-14(24)13(10-2-4-12(23)5-3-10)22-15-20-9-7-11(21-15)6-8-16(17,18)19/h2-5,7,9,13,23H,6,8H2,1H3,(H,20,21,22)/t13-/m1/s1. The molecule has 0 aliphatic heterocycles. The van der Waals surface area contributed by atoms with Crippen LogP contribution in [0.3, 0.4) is 0 Å². The minimum absolute atomic E-state index is 0.00292. The third kappa shape index (κ3) is 5.63. The molecule has 1 aromatic heterocycles. The third-order valence-electron chi connectivity index (χ3n) is 3.31. The van der Waals surface area contributed by atoms with Crippen LogP contribution in [0.15, 0.2) is 36.5 Å². The third-order valence-corrected chi connectivity index (χ3v) is 3.31. The van der Waals surface area contributed by atoms with E-state index in [9.17, 15) is 23.1 Å². The summed E-state index contributed by atoms with van der Waals surface area (Å²) in [7, 11) is 1.21. The number of nitrogens with one attached hydrogen (secondary N) is 1. The number of aromatic nitrogens is 2. The van der Waals surface area contributed by atoms with Gasteiger partial charge in [-0.25, -0.2) is 14.8 Å². The number of esters is 1. The number of halogens is 3. The van der Waals surface area contributed by atoms with E-state index >= 15 is 0 Å². The van der Waals surface area contributed by atoms with Crippen LogP contribution in [0.2, 0.25) is 0 Å². The maximum absolute atomic E-state index is 12.3. The molecule has 0 bridgehead atoms. The number of carbonyl (C=O) groups excluding carboxylic acids is 1. The normalized spacial score (nSPS) is 12.5. The van der Waals surface area contributed by atoms with Crippen molar-refractivity contribution in [3.05, 3.63) is 47.8 Å². The SMILES string of the molecule is COC(=O)[C@H](Nc1nccc(CCC(F)(F)F)n1)c1ccc(O)cc1. The molecule has 0 saturated heterocycles. The van der Waals surface area contributed by atoms with Gasteiger partial charge in [0.25, 0.3) is 0 Å².